The average molecular weight is 454 g/mol. The van der Waals surface area contributed by atoms with Crippen LogP contribution in [0.25, 0.3) is 0 Å². The van der Waals surface area contributed by atoms with Crippen LogP contribution in [-0.4, -0.2) is 36.1 Å². The molecular formula is C24H22O9. The largest absolute Gasteiger partial charge is 0.489 e. The summed E-state index contributed by atoms with van der Waals surface area (Å²) in [5, 5.41) is 0. The third kappa shape index (κ3) is 4.26. The SMILES string of the molecule is CC(=O)Oc1ccc2c(c1)OC[C@@]1(OC(C)=O)Cc3cc(OC(C)=O)c(OC(C)=O)cc3[C@H]21. The van der Waals surface area contributed by atoms with E-state index in [-0.39, 0.29) is 18.1 Å². The molecule has 2 aromatic rings. The molecule has 9 nitrogen and oxygen atoms in total. The highest BCUT2D eigenvalue weighted by atomic mass is 16.6. The van der Waals surface area contributed by atoms with Gasteiger partial charge in [-0.25, -0.2) is 0 Å². The van der Waals surface area contributed by atoms with Gasteiger partial charge in [0.05, 0.1) is 5.92 Å². The van der Waals surface area contributed by atoms with Gasteiger partial charge in [-0.3, -0.25) is 19.2 Å². The second kappa shape index (κ2) is 8.23. The smallest absolute Gasteiger partial charge is 0.308 e. The Kier molecular flexibility index (Phi) is 5.57. The third-order valence-corrected chi connectivity index (χ3v) is 5.42. The van der Waals surface area contributed by atoms with Gasteiger partial charge in [0.25, 0.3) is 0 Å². The molecule has 172 valence electrons. The first-order chi connectivity index (χ1) is 15.6. The lowest BCUT2D eigenvalue weighted by molar-refractivity contribution is -0.162. The van der Waals surface area contributed by atoms with Crippen molar-refractivity contribution < 1.29 is 42.9 Å². The van der Waals surface area contributed by atoms with Gasteiger partial charge >= 0.3 is 23.9 Å². The van der Waals surface area contributed by atoms with Crippen molar-refractivity contribution in [2.24, 2.45) is 0 Å². The van der Waals surface area contributed by atoms with E-state index in [1.54, 1.807) is 30.3 Å². The summed E-state index contributed by atoms with van der Waals surface area (Å²) in [5.41, 5.74) is 1.17. The summed E-state index contributed by atoms with van der Waals surface area (Å²) in [7, 11) is 0. The van der Waals surface area contributed by atoms with Crippen LogP contribution in [0.15, 0.2) is 30.3 Å². The molecule has 9 heteroatoms. The van der Waals surface area contributed by atoms with Crippen LogP contribution in [0.2, 0.25) is 0 Å². The van der Waals surface area contributed by atoms with Gasteiger partial charge in [-0.2, -0.15) is 0 Å². The van der Waals surface area contributed by atoms with Crippen molar-refractivity contribution >= 4 is 23.9 Å². The van der Waals surface area contributed by atoms with Crippen molar-refractivity contribution in [1.82, 2.24) is 0 Å². The summed E-state index contributed by atoms with van der Waals surface area (Å²) in [5.74, 6) is -1.55. The zero-order valence-corrected chi connectivity index (χ0v) is 18.6. The first kappa shape index (κ1) is 22.3. The zero-order chi connectivity index (χ0) is 23.9. The summed E-state index contributed by atoms with van der Waals surface area (Å²) >= 11 is 0. The number of rotatable bonds is 4. The van der Waals surface area contributed by atoms with Crippen molar-refractivity contribution in [2.75, 3.05) is 6.61 Å². The molecule has 0 N–H and O–H groups in total. The molecule has 2 aromatic carbocycles. The Hall–Kier alpha value is -3.88. The first-order valence-electron chi connectivity index (χ1n) is 10.3. The van der Waals surface area contributed by atoms with E-state index in [1.165, 1.54) is 27.7 Å². The van der Waals surface area contributed by atoms with E-state index >= 15 is 0 Å². The first-order valence-corrected chi connectivity index (χ1v) is 10.3. The summed E-state index contributed by atoms with van der Waals surface area (Å²) in [6.45, 7) is 5.16. The zero-order valence-electron chi connectivity index (χ0n) is 18.6. The molecule has 2 atom stereocenters. The number of carbonyl (C=O) groups is 4. The molecule has 0 fully saturated rings. The minimum absolute atomic E-state index is 0.0499. The molecule has 0 saturated heterocycles. The minimum Gasteiger partial charge on any atom is -0.489 e. The van der Waals surface area contributed by atoms with E-state index in [1.807, 2.05) is 0 Å². The van der Waals surface area contributed by atoms with Crippen molar-refractivity contribution in [3.05, 3.63) is 47.0 Å². The molecular weight excluding hydrogens is 432 g/mol. The molecule has 0 aromatic heterocycles. The van der Waals surface area contributed by atoms with E-state index in [0.717, 1.165) is 11.1 Å². The number of fused-ring (bicyclic) bond motifs is 5. The summed E-state index contributed by atoms with van der Waals surface area (Å²) in [4.78, 5) is 46.6. The fourth-order valence-corrected chi connectivity index (χ4v) is 4.52. The fourth-order valence-electron chi connectivity index (χ4n) is 4.52. The van der Waals surface area contributed by atoms with Gasteiger partial charge in [0, 0.05) is 45.7 Å². The highest BCUT2D eigenvalue weighted by molar-refractivity contribution is 5.75. The quantitative estimate of drug-likeness (QED) is 0.508. The Morgan fingerprint density at radius 2 is 1.45 bits per heavy atom. The van der Waals surface area contributed by atoms with Gasteiger partial charge in [0.1, 0.15) is 18.1 Å². The average Bonchev–Trinajstić information content (AvgIpc) is 2.99. The number of carbonyl (C=O) groups excluding carboxylic acids is 4. The molecule has 0 saturated carbocycles. The standard InChI is InChI=1S/C24H22O9/c1-12(25)30-17-5-6-18-20(8-17)29-11-24(33-15(4)28)10-16-7-21(31-13(2)26)22(32-14(3)27)9-19(16)23(18)24/h5-9,23H,10-11H2,1-4H3/t23-,24-/m0/s1. The second-order valence-corrected chi connectivity index (χ2v) is 8.04. The van der Waals surface area contributed by atoms with Gasteiger partial charge in [0.15, 0.2) is 17.1 Å². The van der Waals surface area contributed by atoms with Crippen LogP contribution in [0.3, 0.4) is 0 Å². The predicted molar refractivity (Wildman–Crippen MR) is 112 cm³/mol. The summed E-state index contributed by atoms with van der Waals surface area (Å²) in [6.07, 6.45) is 0.298. The number of esters is 4. The van der Waals surface area contributed by atoms with Crippen LogP contribution in [0.4, 0.5) is 0 Å². The van der Waals surface area contributed by atoms with E-state index < -0.39 is 35.4 Å². The molecule has 0 radical (unpaired) electrons. The monoisotopic (exact) mass is 454 g/mol. The van der Waals surface area contributed by atoms with E-state index in [4.69, 9.17) is 23.7 Å². The van der Waals surface area contributed by atoms with E-state index in [9.17, 15) is 19.2 Å². The van der Waals surface area contributed by atoms with Crippen molar-refractivity contribution in [1.29, 1.82) is 0 Å². The van der Waals surface area contributed by atoms with Gasteiger partial charge in [-0.15, -0.1) is 0 Å². The molecule has 0 spiro atoms. The Balaban J connectivity index is 1.87. The van der Waals surface area contributed by atoms with Crippen LogP contribution in [-0.2, 0) is 30.3 Å². The van der Waals surface area contributed by atoms with Gasteiger partial charge < -0.3 is 23.7 Å². The maximum atomic E-state index is 12.0. The molecule has 1 aliphatic heterocycles. The second-order valence-electron chi connectivity index (χ2n) is 8.04. The molecule has 1 aliphatic carbocycles. The molecule has 1 heterocycles. The highest BCUT2D eigenvalue weighted by Crippen LogP contribution is 2.55. The Morgan fingerprint density at radius 3 is 2.06 bits per heavy atom. The molecule has 0 unspecified atom stereocenters. The number of hydrogen-bond acceptors (Lipinski definition) is 9. The van der Waals surface area contributed by atoms with Crippen LogP contribution in [0, 0.1) is 0 Å². The summed E-state index contributed by atoms with van der Waals surface area (Å²) < 4.78 is 27.5. The van der Waals surface area contributed by atoms with Crippen molar-refractivity contribution in [3.63, 3.8) is 0 Å². The van der Waals surface area contributed by atoms with E-state index in [0.29, 0.717) is 23.5 Å². The topological polar surface area (TPSA) is 114 Å². The van der Waals surface area contributed by atoms with E-state index in [2.05, 4.69) is 0 Å². The Labute approximate surface area is 189 Å². The minimum atomic E-state index is -1.05. The normalized spacial score (nSPS) is 19.8. The maximum Gasteiger partial charge on any atom is 0.308 e. The number of ether oxygens (including phenoxy) is 5. The Morgan fingerprint density at radius 1 is 0.818 bits per heavy atom. The number of hydrogen-bond donors (Lipinski definition) is 0. The highest BCUT2D eigenvalue weighted by Gasteiger charge is 2.54. The molecule has 0 bridgehead atoms. The van der Waals surface area contributed by atoms with Crippen LogP contribution >= 0.6 is 0 Å². The lowest BCUT2D eigenvalue weighted by atomic mass is 9.80. The van der Waals surface area contributed by atoms with Crippen molar-refractivity contribution in [2.45, 2.75) is 45.6 Å². The molecule has 0 amide bonds. The Bertz CT molecular complexity index is 1180. The number of benzene rings is 2. The predicted octanol–water partition coefficient (Wildman–Crippen LogP) is 2.84. The molecule has 2 aliphatic rings. The van der Waals surface area contributed by atoms with Gasteiger partial charge in [-0.05, 0) is 29.3 Å². The third-order valence-electron chi connectivity index (χ3n) is 5.42. The summed E-state index contributed by atoms with van der Waals surface area (Å²) in [6, 6.07) is 8.22. The van der Waals surface area contributed by atoms with Crippen LogP contribution in [0.5, 0.6) is 23.0 Å². The lowest BCUT2D eigenvalue weighted by Gasteiger charge is -2.39. The van der Waals surface area contributed by atoms with Crippen LogP contribution < -0.4 is 18.9 Å². The van der Waals surface area contributed by atoms with Gasteiger partial charge in [-0.1, -0.05) is 6.07 Å². The fraction of sp³-hybridized carbons (Fsp3) is 0.333. The lowest BCUT2D eigenvalue weighted by Crippen LogP contribution is -2.47. The molecule has 4 rings (SSSR count). The van der Waals surface area contributed by atoms with Crippen LogP contribution in [0.1, 0.15) is 50.3 Å². The van der Waals surface area contributed by atoms with Gasteiger partial charge in [0.2, 0.25) is 0 Å². The molecule has 33 heavy (non-hydrogen) atoms. The maximum absolute atomic E-state index is 12.0. The van der Waals surface area contributed by atoms with Crippen molar-refractivity contribution in [3.8, 4) is 23.0 Å².